The lowest BCUT2D eigenvalue weighted by Gasteiger charge is -2.44. The number of hydrogen-bond donors (Lipinski definition) is 1. The van der Waals surface area contributed by atoms with Crippen LogP contribution in [0.25, 0.3) is 10.9 Å². The summed E-state index contributed by atoms with van der Waals surface area (Å²) >= 11 is 0. The van der Waals surface area contributed by atoms with Gasteiger partial charge in [-0.15, -0.1) is 0 Å². The smallest absolute Gasteiger partial charge is 0.449 e. The molecule has 28 heavy (non-hydrogen) atoms. The summed E-state index contributed by atoms with van der Waals surface area (Å²) in [7, 11) is 2.08. The van der Waals surface area contributed by atoms with Crippen LogP contribution < -0.4 is 15.1 Å². The predicted molar refractivity (Wildman–Crippen MR) is 104 cm³/mol. The molecular formula is C20H24FN3O4. The Morgan fingerprint density at radius 1 is 1.21 bits per heavy atom. The molecule has 2 aliphatic rings. The van der Waals surface area contributed by atoms with Crippen LogP contribution >= 0.6 is 0 Å². The highest BCUT2D eigenvalue weighted by Gasteiger charge is 2.34. The van der Waals surface area contributed by atoms with Gasteiger partial charge in [-0.3, -0.25) is 9.69 Å². The zero-order valence-electron chi connectivity index (χ0n) is 16.4. The number of benzene rings is 1. The molecule has 8 heteroatoms. The molecule has 3 heterocycles. The van der Waals surface area contributed by atoms with Gasteiger partial charge < -0.3 is 19.3 Å². The van der Waals surface area contributed by atoms with Crippen molar-refractivity contribution in [3.8, 4) is 5.75 Å². The molecular weight excluding hydrogens is 365 g/mol. The molecule has 0 aliphatic carbocycles. The minimum atomic E-state index is -1.56. The van der Waals surface area contributed by atoms with E-state index in [2.05, 4.69) is 35.4 Å². The molecule has 0 radical (unpaired) electrons. The lowest BCUT2D eigenvalue weighted by molar-refractivity contribution is 0.143. The van der Waals surface area contributed by atoms with E-state index in [0.717, 1.165) is 5.56 Å². The molecule has 0 amide bonds. The lowest BCUT2D eigenvalue weighted by atomic mass is 10.0. The van der Waals surface area contributed by atoms with Crippen LogP contribution in [0.5, 0.6) is 5.75 Å². The molecule has 3 atom stereocenters. The van der Waals surface area contributed by atoms with Crippen LogP contribution in [0.1, 0.15) is 32.4 Å². The van der Waals surface area contributed by atoms with Crippen molar-refractivity contribution in [2.75, 3.05) is 25.0 Å². The Balaban J connectivity index is 1.91. The maximum atomic E-state index is 15.3. The van der Waals surface area contributed by atoms with Crippen molar-refractivity contribution in [1.29, 1.82) is 0 Å². The zero-order valence-corrected chi connectivity index (χ0v) is 16.4. The summed E-state index contributed by atoms with van der Waals surface area (Å²) in [4.78, 5) is 28.0. The normalized spacial score (nSPS) is 24.8. The number of carboxylic acid groups (broad SMARTS) is 1. The maximum Gasteiger partial charge on any atom is 0.511 e. The molecule has 1 fully saturated rings. The van der Waals surface area contributed by atoms with Crippen molar-refractivity contribution < 1.29 is 19.0 Å². The van der Waals surface area contributed by atoms with E-state index in [-0.39, 0.29) is 29.3 Å². The topological polar surface area (TPSA) is 75.0 Å². The summed E-state index contributed by atoms with van der Waals surface area (Å²) in [5.41, 5.74) is 1.44. The molecule has 1 saturated heterocycles. The molecule has 0 saturated carbocycles. The number of likely N-dealkylation sites (N-methyl/N-ethyl adjacent to an activating group) is 1. The van der Waals surface area contributed by atoms with Gasteiger partial charge in [0.15, 0.2) is 5.75 Å². The average molecular weight is 389 g/mol. The fourth-order valence-corrected chi connectivity index (χ4v) is 4.56. The highest BCUT2D eigenvalue weighted by molar-refractivity contribution is 5.90. The number of anilines is 1. The second-order valence-electron chi connectivity index (χ2n) is 8.00. The largest absolute Gasteiger partial charge is 0.511 e. The van der Waals surface area contributed by atoms with Crippen molar-refractivity contribution in [1.82, 2.24) is 9.47 Å². The van der Waals surface area contributed by atoms with Crippen molar-refractivity contribution in [3.63, 3.8) is 0 Å². The fraction of sp³-hybridized carbons (Fsp3) is 0.500. The molecule has 1 aromatic carbocycles. The number of pyridine rings is 1. The van der Waals surface area contributed by atoms with E-state index in [1.807, 2.05) is 11.5 Å². The minimum Gasteiger partial charge on any atom is -0.449 e. The third kappa shape index (κ3) is 2.74. The molecule has 4 rings (SSSR count). The number of rotatable bonds is 2. The van der Waals surface area contributed by atoms with Crippen LogP contribution in [0.4, 0.5) is 14.9 Å². The molecule has 150 valence electrons. The molecule has 1 aromatic heterocycles. The van der Waals surface area contributed by atoms with E-state index in [4.69, 9.17) is 5.11 Å². The van der Waals surface area contributed by atoms with Gasteiger partial charge in [-0.05, 0) is 40.3 Å². The van der Waals surface area contributed by atoms with Crippen molar-refractivity contribution in [3.05, 3.63) is 33.9 Å². The standard InChI is InChI=1S/C20H24FN3O4/c1-10-5-13-17-14(19(25)16(9-24(10)17)28-20(26)27)6-15(21)18(13)23-7-11(2)22(4)12(3)8-23/h6,9-12H,5,7-8H2,1-4H3,(H,26,27). The summed E-state index contributed by atoms with van der Waals surface area (Å²) in [5, 5.41) is 9.05. The second-order valence-corrected chi connectivity index (χ2v) is 8.00. The zero-order chi connectivity index (χ0) is 20.3. The molecule has 1 N–H and O–H groups in total. The van der Waals surface area contributed by atoms with Crippen LogP contribution in [0.3, 0.4) is 0 Å². The summed E-state index contributed by atoms with van der Waals surface area (Å²) in [6, 6.07) is 1.75. The van der Waals surface area contributed by atoms with Crippen LogP contribution in [-0.4, -0.2) is 52.9 Å². The minimum absolute atomic E-state index is 0.0305. The molecule has 0 bridgehead atoms. The van der Waals surface area contributed by atoms with E-state index >= 15 is 4.39 Å². The third-order valence-corrected chi connectivity index (χ3v) is 6.15. The van der Waals surface area contributed by atoms with Gasteiger partial charge in [0, 0.05) is 36.8 Å². The summed E-state index contributed by atoms with van der Waals surface area (Å²) in [5.74, 6) is -0.745. The van der Waals surface area contributed by atoms with Gasteiger partial charge in [0.1, 0.15) is 5.82 Å². The third-order valence-electron chi connectivity index (χ3n) is 6.15. The van der Waals surface area contributed by atoms with Crippen LogP contribution in [0.15, 0.2) is 17.1 Å². The number of halogens is 1. The number of piperazine rings is 1. The van der Waals surface area contributed by atoms with Crippen LogP contribution in [-0.2, 0) is 6.42 Å². The monoisotopic (exact) mass is 389 g/mol. The van der Waals surface area contributed by atoms with E-state index in [9.17, 15) is 9.59 Å². The van der Waals surface area contributed by atoms with Gasteiger partial charge >= 0.3 is 6.16 Å². The van der Waals surface area contributed by atoms with Crippen molar-refractivity contribution in [2.24, 2.45) is 0 Å². The Kier molecular flexibility index (Phi) is 4.33. The van der Waals surface area contributed by atoms with Gasteiger partial charge in [-0.2, -0.15) is 0 Å². The predicted octanol–water partition coefficient (Wildman–Crippen LogP) is 2.84. The van der Waals surface area contributed by atoms with Crippen LogP contribution in [0, 0.1) is 5.82 Å². The van der Waals surface area contributed by atoms with E-state index < -0.39 is 17.4 Å². The Hall–Kier alpha value is -2.61. The highest BCUT2D eigenvalue weighted by atomic mass is 19.1. The quantitative estimate of drug-likeness (QED) is 0.796. The molecule has 2 aliphatic heterocycles. The number of hydrogen-bond acceptors (Lipinski definition) is 5. The summed E-state index contributed by atoms with van der Waals surface area (Å²) in [6.45, 7) is 7.61. The van der Waals surface area contributed by atoms with Crippen LogP contribution in [0.2, 0.25) is 0 Å². The average Bonchev–Trinajstić information content (AvgIpc) is 2.92. The molecule has 0 spiro atoms. The lowest BCUT2D eigenvalue weighted by Crippen LogP contribution is -2.55. The fourth-order valence-electron chi connectivity index (χ4n) is 4.56. The first-order valence-corrected chi connectivity index (χ1v) is 9.47. The Bertz CT molecular complexity index is 1020. The van der Waals surface area contributed by atoms with Gasteiger partial charge in [0.2, 0.25) is 5.43 Å². The number of aromatic nitrogens is 1. The Labute approximate surface area is 161 Å². The summed E-state index contributed by atoms with van der Waals surface area (Å²) < 4.78 is 21.7. The van der Waals surface area contributed by atoms with Crippen molar-refractivity contribution in [2.45, 2.75) is 45.3 Å². The first-order valence-electron chi connectivity index (χ1n) is 9.47. The molecule has 7 nitrogen and oxygen atoms in total. The first kappa shape index (κ1) is 18.7. The van der Waals surface area contributed by atoms with Gasteiger partial charge in [0.05, 0.1) is 22.8 Å². The maximum absolute atomic E-state index is 15.3. The van der Waals surface area contributed by atoms with E-state index in [1.165, 1.54) is 12.3 Å². The Morgan fingerprint density at radius 3 is 2.46 bits per heavy atom. The second kappa shape index (κ2) is 6.48. The van der Waals surface area contributed by atoms with Gasteiger partial charge in [0.25, 0.3) is 0 Å². The molecule has 2 aromatic rings. The SMILES string of the molecule is CC1CN(c2c(F)cc3c(=O)c(OC(=O)O)cn4c3c2CC4C)CC(C)N1C. The van der Waals surface area contributed by atoms with Gasteiger partial charge in [-0.25, -0.2) is 9.18 Å². The Morgan fingerprint density at radius 2 is 1.86 bits per heavy atom. The van der Waals surface area contributed by atoms with Crippen molar-refractivity contribution >= 4 is 22.7 Å². The van der Waals surface area contributed by atoms with E-state index in [1.54, 1.807) is 0 Å². The number of ether oxygens (including phenoxy) is 1. The first-order chi connectivity index (χ1) is 13.2. The van der Waals surface area contributed by atoms with Gasteiger partial charge in [-0.1, -0.05) is 0 Å². The summed E-state index contributed by atoms with van der Waals surface area (Å²) in [6.07, 6.45) is 0.443. The number of carbonyl (C=O) groups is 1. The molecule has 3 unspecified atom stereocenters. The number of nitrogens with zero attached hydrogens (tertiary/aromatic N) is 3. The van der Waals surface area contributed by atoms with E-state index in [0.29, 0.717) is 30.7 Å². The highest BCUT2D eigenvalue weighted by Crippen LogP contribution is 2.41.